The van der Waals surface area contributed by atoms with Crippen LogP contribution >= 0.6 is 0 Å². The number of dihydropyridines is 1. The maximum Gasteiger partial charge on any atom is 0.0373 e. The minimum Gasteiger partial charge on any atom is -0.387 e. The van der Waals surface area contributed by atoms with Crippen molar-refractivity contribution in [3.63, 3.8) is 0 Å². The van der Waals surface area contributed by atoms with Gasteiger partial charge in [-0.3, -0.25) is 0 Å². The number of nitrogens with one attached hydrogen (secondary N) is 2. The lowest BCUT2D eigenvalue weighted by atomic mass is 10.0. The SMILES string of the molecule is C1=CNCC([C@@H]2CCCN2)=C1. The van der Waals surface area contributed by atoms with Gasteiger partial charge in [0.15, 0.2) is 0 Å². The van der Waals surface area contributed by atoms with Gasteiger partial charge in [0.25, 0.3) is 0 Å². The molecule has 2 rings (SSSR count). The van der Waals surface area contributed by atoms with E-state index in [2.05, 4.69) is 22.8 Å². The molecule has 0 saturated carbocycles. The van der Waals surface area contributed by atoms with E-state index >= 15 is 0 Å². The maximum atomic E-state index is 3.48. The van der Waals surface area contributed by atoms with Gasteiger partial charge in [-0.05, 0) is 37.2 Å². The molecule has 0 aromatic heterocycles. The summed E-state index contributed by atoms with van der Waals surface area (Å²) in [4.78, 5) is 0. The molecule has 0 radical (unpaired) electrons. The Morgan fingerprint density at radius 1 is 1.45 bits per heavy atom. The molecule has 2 heterocycles. The van der Waals surface area contributed by atoms with E-state index in [1.807, 2.05) is 6.20 Å². The molecule has 2 heteroatoms. The summed E-state index contributed by atoms with van der Waals surface area (Å²) in [6.07, 6.45) is 8.93. The van der Waals surface area contributed by atoms with Crippen LogP contribution in [0.1, 0.15) is 12.8 Å². The van der Waals surface area contributed by atoms with E-state index < -0.39 is 0 Å². The highest BCUT2D eigenvalue weighted by Crippen LogP contribution is 2.14. The maximum absolute atomic E-state index is 3.48. The van der Waals surface area contributed by atoms with Crippen LogP contribution in [0.5, 0.6) is 0 Å². The Morgan fingerprint density at radius 3 is 3.09 bits per heavy atom. The predicted octanol–water partition coefficient (Wildman–Crippen LogP) is 0.782. The predicted molar refractivity (Wildman–Crippen MR) is 46.3 cm³/mol. The lowest BCUT2D eigenvalue weighted by Crippen LogP contribution is -2.29. The molecule has 2 aliphatic rings. The second-order valence-electron chi connectivity index (χ2n) is 3.13. The molecule has 1 fully saturated rings. The van der Waals surface area contributed by atoms with Gasteiger partial charge in [-0.15, -0.1) is 0 Å². The number of allylic oxidation sites excluding steroid dienone is 2. The first-order valence-corrected chi connectivity index (χ1v) is 4.29. The van der Waals surface area contributed by atoms with Crippen molar-refractivity contribution in [2.45, 2.75) is 18.9 Å². The van der Waals surface area contributed by atoms with Gasteiger partial charge in [-0.2, -0.15) is 0 Å². The van der Waals surface area contributed by atoms with Gasteiger partial charge in [-0.25, -0.2) is 0 Å². The largest absolute Gasteiger partial charge is 0.387 e. The zero-order valence-corrected chi connectivity index (χ0v) is 6.64. The Morgan fingerprint density at radius 2 is 2.45 bits per heavy atom. The van der Waals surface area contributed by atoms with Gasteiger partial charge in [-0.1, -0.05) is 6.08 Å². The highest BCUT2D eigenvalue weighted by Gasteiger charge is 2.17. The van der Waals surface area contributed by atoms with Gasteiger partial charge < -0.3 is 10.6 Å². The second kappa shape index (κ2) is 3.09. The van der Waals surface area contributed by atoms with Crippen LogP contribution < -0.4 is 10.6 Å². The normalized spacial score (nSPS) is 29.8. The average Bonchev–Trinajstić information content (AvgIpc) is 2.58. The van der Waals surface area contributed by atoms with Crippen LogP contribution in [0.3, 0.4) is 0 Å². The van der Waals surface area contributed by atoms with Gasteiger partial charge in [0.2, 0.25) is 0 Å². The van der Waals surface area contributed by atoms with Gasteiger partial charge in [0, 0.05) is 12.6 Å². The Balaban J connectivity index is 2.02. The molecule has 0 spiro atoms. The molecule has 2 nitrogen and oxygen atoms in total. The van der Waals surface area contributed by atoms with E-state index in [-0.39, 0.29) is 0 Å². The Hall–Kier alpha value is -0.760. The summed E-state index contributed by atoms with van der Waals surface area (Å²) in [5, 5.41) is 6.71. The third-order valence-corrected chi connectivity index (χ3v) is 2.34. The van der Waals surface area contributed by atoms with Crippen molar-refractivity contribution in [2.75, 3.05) is 13.1 Å². The molecular formula is C9H14N2. The summed E-state index contributed by atoms with van der Waals surface area (Å²) in [6.45, 7) is 2.21. The van der Waals surface area contributed by atoms with E-state index in [1.165, 1.54) is 25.0 Å². The lowest BCUT2D eigenvalue weighted by Gasteiger charge is -2.17. The summed E-state index contributed by atoms with van der Waals surface area (Å²) >= 11 is 0. The van der Waals surface area contributed by atoms with Crippen molar-refractivity contribution in [1.29, 1.82) is 0 Å². The molecule has 0 aromatic rings. The lowest BCUT2D eigenvalue weighted by molar-refractivity contribution is 0.658. The van der Waals surface area contributed by atoms with E-state index in [9.17, 15) is 0 Å². The summed E-state index contributed by atoms with van der Waals surface area (Å²) in [7, 11) is 0. The van der Waals surface area contributed by atoms with Gasteiger partial charge >= 0.3 is 0 Å². The number of rotatable bonds is 1. The van der Waals surface area contributed by atoms with Crippen LogP contribution in [0.15, 0.2) is 23.9 Å². The molecule has 0 amide bonds. The average molecular weight is 150 g/mol. The zero-order chi connectivity index (χ0) is 7.52. The third-order valence-electron chi connectivity index (χ3n) is 2.34. The highest BCUT2D eigenvalue weighted by molar-refractivity contribution is 5.23. The van der Waals surface area contributed by atoms with Crippen LogP contribution in [0.2, 0.25) is 0 Å². The van der Waals surface area contributed by atoms with Crippen molar-refractivity contribution in [3.05, 3.63) is 23.9 Å². The first-order valence-electron chi connectivity index (χ1n) is 4.29. The van der Waals surface area contributed by atoms with Crippen molar-refractivity contribution >= 4 is 0 Å². The van der Waals surface area contributed by atoms with E-state index in [0.29, 0.717) is 6.04 Å². The summed E-state index contributed by atoms with van der Waals surface area (Å²) in [5.74, 6) is 0. The molecule has 0 aliphatic carbocycles. The van der Waals surface area contributed by atoms with Crippen LogP contribution in [0, 0.1) is 0 Å². The zero-order valence-electron chi connectivity index (χ0n) is 6.64. The first-order chi connectivity index (χ1) is 5.47. The fourth-order valence-corrected chi connectivity index (χ4v) is 1.72. The van der Waals surface area contributed by atoms with Crippen LogP contribution in [0.25, 0.3) is 0 Å². The topological polar surface area (TPSA) is 24.1 Å². The smallest absolute Gasteiger partial charge is 0.0373 e. The molecule has 2 N–H and O–H groups in total. The first kappa shape index (κ1) is 6.92. The van der Waals surface area contributed by atoms with Crippen LogP contribution in [-0.4, -0.2) is 19.1 Å². The standard InChI is InChI=1S/C9H14N2/c1-3-8(7-10-5-1)9-4-2-6-11-9/h1,3,5,9-11H,2,4,6-7H2/t9-/m0/s1. The van der Waals surface area contributed by atoms with Crippen molar-refractivity contribution in [1.82, 2.24) is 10.6 Å². The van der Waals surface area contributed by atoms with Crippen LogP contribution in [0.4, 0.5) is 0 Å². The molecule has 1 atom stereocenters. The molecular weight excluding hydrogens is 136 g/mol. The van der Waals surface area contributed by atoms with Gasteiger partial charge in [0.1, 0.15) is 0 Å². The highest BCUT2D eigenvalue weighted by atomic mass is 15.0. The van der Waals surface area contributed by atoms with Crippen molar-refractivity contribution in [3.8, 4) is 0 Å². The second-order valence-corrected chi connectivity index (χ2v) is 3.13. The molecule has 1 saturated heterocycles. The fourth-order valence-electron chi connectivity index (χ4n) is 1.72. The Bertz CT molecular complexity index is 188. The third kappa shape index (κ3) is 1.46. The molecule has 0 unspecified atom stereocenters. The number of hydrogen-bond donors (Lipinski definition) is 2. The molecule has 0 bridgehead atoms. The van der Waals surface area contributed by atoms with Crippen LogP contribution in [-0.2, 0) is 0 Å². The fraction of sp³-hybridized carbons (Fsp3) is 0.556. The summed E-state index contributed by atoms with van der Waals surface area (Å²) < 4.78 is 0. The summed E-state index contributed by atoms with van der Waals surface area (Å²) in [6, 6.07) is 0.646. The minimum absolute atomic E-state index is 0.646. The Kier molecular flexibility index (Phi) is 1.95. The monoisotopic (exact) mass is 150 g/mol. The molecule has 11 heavy (non-hydrogen) atoms. The van der Waals surface area contributed by atoms with Gasteiger partial charge in [0.05, 0.1) is 0 Å². The molecule has 0 aromatic carbocycles. The molecule has 2 aliphatic heterocycles. The van der Waals surface area contributed by atoms with E-state index in [1.54, 1.807) is 0 Å². The van der Waals surface area contributed by atoms with Crippen molar-refractivity contribution < 1.29 is 0 Å². The number of hydrogen-bond acceptors (Lipinski definition) is 2. The quantitative estimate of drug-likeness (QED) is 0.577. The molecule has 60 valence electrons. The Labute approximate surface area is 67.4 Å². The van der Waals surface area contributed by atoms with E-state index in [4.69, 9.17) is 0 Å². The minimum atomic E-state index is 0.646. The summed E-state index contributed by atoms with van der Waals surface area (Å²) in [5.41, 5.74) is 1.50. The van der Waals surface area contributed by atoms with Crippen molar-refractivity contribution in [2.24, 2.45) is 0 Å². The van der Waals surface area contributed by atoms with E-state index in [0.717, 1.165) is 6.54 Å².